The van der Waals surface area contributed by atoms with Crippen LogP contribution in [0.15, 0.2) is 29.4 Å². The summed E-state index contributed by atoms with van der Waals surface area (Å²) in [7, 11) is 0. The zero-order valence-electron chi connectivity index (χ0n) is 9.73. The predicted octanol–water partition coefficient (Wildman–Crippen LogP) is 2.92. The third-order valence-electron chi connectivity index (χ3n) is 3.36. The quantitative estimate of drug-likeness (QED) is 0.858. The molecule has 0 amide bonds. The number of benzene rings is 1. The topological polar surface area (TPSA) is 54.7 Å². The number of para-hydroxylation sites is 2. The molecule has 0 atom stereocenters. The van der Waals surface area contributed by atoms with Gasteiger partial charge in [-0.3, -0.25) is 0 Å². The molecule has 2 aromatic rings. The molecule has 17 heavy (non-hydrogen) atoms. The number of hydrogen-bond donors (Lipinski definition) is 2. The van der Waals surface area contributed by atoms with Gasteiger partial charge in [-0.15, -0.1) is 0 Å². The summed E-state index contributed by atoms with van der Waals surface area (Å²) in [5.74, 6) is 0. The molecule has 1 saturated carbocycles. The molecule has 1 aromatic heterocycles. The van der Waals surface area contributed by atoms with E-state index in [0.717, 1.165) is 29.0 Å². The van der Waals surface area contributed by atoms with Crippen LogP contribution in [0, 0.1) is 0 Å². The lowest BCUT2D eigenvalue weighted by Crippen LogP contribution is -2.27. The minimum atomic E-state index is 0.419. The summed E-state index contributed by atoms with van der Waals surface area (Å²) in [4.78, 5) is 7.98. The van der Waals surface area contributed by atoms with Crippen LogP contribution in [0.3, 0.4) is 0 Å². The van der Waals surface area contributed by atoms with Crippen LogP contribution in [-0.4, -0.2) is 21.3 Å². The van der Waals surface area contributed by atoms with Crippen molar-refractivity contribution in [2.24, 2.45) is 5.73 Å². The second kappa shape index (κ2) is 4.70. The third kappa shape index (κ3) is 2.48. The minimum Gasteiger partial charge on any atom is -0.333 e. The highest BCUT2D eigenvalue weighted by molar-refractivity contribution is 7.99. The number of nitrogens with one attached hydrogen (secondary N) is 1. The summed E-state index contributed by atoms with van der Waals surface area (Å²) in [6, 6.07) is 8.60. The van der Waals surface area contributed by atoms with Crippen LogP contribution in [0.25, 0.3) is 11.0 Å². The molecule has 90 valence electrons. The third-order valence-corrected chi connectivity index (χ3v) is 4.59. The fraction of sp³-hybridized carbons (Fsp3) is 0.462. The second-order valence-corrected chi connectivity index (χ2v) is 6.00. The first-order valence-corrected chi connectivity index (χ1v) is 7.06. The van der Waals surface area contributed by atoms with Crippen LogP contribution in [0.5, 0.6) is 0 Å². The number of rotatable bonds is 2. The fourth-order valence-corrected chi connectivity index (χ4v) is 3.49. The largest absolute Gasteiger partial charge is 0.333 e. The zero-order valence-corrected chi connectivity index (χ0v) is 10.5. The Kier molecular flexibility index (Phi) is 3.07. The molecule has 1 aromatic carbocycles. The Morgan fingerprint density at radius 3 is 2.71 bits per heavy atom. The number of nitrogens with zero attached hydrogens (tertiary/aromatic N) is 1. The molecule has 4 heteroatoms. The number of H-pyrrole nitrogens is 1. The van der Waals surface area contributed by atoms with E-state index < -0.39 is 0 Å². The van der Waals surface area contributed by atoms with E-state index in [-0.39, 0.29) is 0 Å². The molecule has 3 nitrogen and oxygen atoms in total. The average molecular weight is 247 g/mol. The van der Waals surface area contributed by atoms with E-state index >= 15 is 0 Å². The normalized spacial score (nSPS) is 25.2. The van der Waals surface area contributed by atoms with Gasteiger partial charge in [0.1, 0.15) is 0 Å². The van der Waals surface area contributed by atoms with Crippen molar-refractivity contribution in [3.63, 3.8) is 0 Å². The van der Waals surface area contributed by atoms with Crippen LogP contribution in [-0.2, 0) is 0 Å². The number of nitrogens with two attached hydrogens (primary N) is 1. The van der Waals surface area contributed by atoms with Crippen molar-refractivity contribution in [1.29, 1.82) is 0 Å². The number of aromatic nitrogens is 2. The molecule has 1 aliphatic carbocycles. The number of hydrogen-bond acceptors (Lipinski definition) is 3. The fourth-order valence-electron chi connectivity index (χ4n) is 2.35. The maximum absolute atomic E-state index is 5.92. The van der Waals surface area contributed by atoms with Gasteiger partial charge in [-0.05, 0) is 37.8 Å². The lowest BCUT2D eigenvalue weighted by atomic mass is 9.96. The van der Waals surface area contributed by atoms with Gasteiger partial charge < -0.3 is 10.7 Å². The Morgan fingerprint density at radius 1 is 1.18 bits per heavy atom. The van der Waals surface area contributed by atoms with Crippen molar-refractivity contribution in [2.45, 2.75) is 42.1 Å². The van der Waals surface area contributed by atoms with E-state index in [2.05, 4.69) is 16.0 Å². The standard InChI is InChI=1S/C13H17N3S/c14-9-5-7-10(8-6-9)17-13-15-11-3-1-2-4-12(11)16-13/h1-4,9-10H,5-8,14H2,(H,15,16). The molecule has 0 spiro atoms. The summed E-state index contributed by atoms with van der Waals surface area (Å²) in [5, 5.41) is 1.72. The molecule has 1 aliphatic rings. The highest BCUT2D eigenvalue weighted by Gasteiger charge is 2.20. The minimum absolute atomic E-state index is 0.419. The van der Waals surface area contributed by atoms with Crippen LogP contribution < -0.4 is 5.73 Å². The summed E-state index contributed by atoms with van der Waals surface area (Å²) in [5.41, 5.74) is 8.10. The molecule has 3 N–H and O–H groups in total. The molecule has 0 radical (unpaired) electrons. The number of aromatic amines is 1. The highest BCUT2D eigenvalue weighted by atomic mass is 32.2. The average Bonchev–Trinajstić information content (AvgIpc) is 2.74. The van der Waals surface area contributed by atoms with Crippen LogP contribution >= 0.6 is 11.8 Å². The van der Waals surface area contributed by atoms with Gasteiger partial charge in [0.25, 0.3) is 0 Å². The lowest BCUT2D eigenvalue weighted by molar-refractivity contribution is 0.450. The van der Waals surface area contributed by atoms with Crippen LogP contribution in [0.2, 0.25) is 0 Å². The second-order valence-electron chi connectivity index (χ2n) is 4.71. The first-order valence-electron chi connectivity index (χ1n) is 6.18. The van der Waals surface area contributed by atoms with Crippen LogP contribution in [0.4, 0.5) is 0 Å². The maximum atomic E-state index is 5.92. The van der Waals surface area contributed by atoms with Gasteiger partial charge in [0, 0.05) is 11.3 Å². The summed E-state index contributed by atoms with van der Waals surface area (Å²) >= 11 is 1.87. The Bertz CT molecular complexity index is 467. The Hall–Kier alpha value is -1.00. The van der Waals surface area contributed by atoms with Gasteiger partial charge in [-0.1, -0.05) is 23.9 Å². The van der Waals surface area contributed by atoms with Crippen molar-refractivity contribution in [3.05, 3.63) is 24.3 Å². The Morgan fingerprint density at radius 2 is 1.94 bits per heavy atom. The molecule has 0 saturated heterocycles. The predicted molar refractivity (Wildman–Crippen MR) is 72.2 cm³/mol. The van der Waals surface area contributed by atoms with Crippen LogP contribution in [0.1, 0.15) is 25.7 Å². The lowest BCUT2D eigenvalue weighted by Gasteiger charge is -2.24. The molecule has 0 unspecified atom stereocenters. The summed E-state index contributed by atoms with van der Waals surface area (Å²) in [6.45, 7) is 0. The number of fused-ring (bicyclic) bond motifs is 1. The van der Waals surface area contributed by atoms with Gasteiger partial charge in [-0.25, -0.2) is 4.98 Å². The molecule has 1 heterocycles. The van der Waals surface area contributed by atoms with Crippen molar-refractivity contribution >= 4 is 22.8 Å². The zero-order chi connectivity index (χ0) is 11.7. The van der Waals surface area contributed by atoms with Crippen molar-refractivity contribution in [2.75, 3.05) is 0 Å². The molecule has 0 bridgehead atoms. The first kappa shape index (κ1) is 11.1. The summed E-state index contributed by atoms with van der Waals surface area (Å²) in [6.07, 6.45) is 4.72. The molecular formula is C13H17N3S. The highest BCUT2D eigenvalue weighted by Crippen LogP contribution is 2.32. The molecular weight excluding hydrogens is 230 g/mol. The van der Waals surface area contributed by atoms with E-state index in [4.69, 9.17) is 5.73 Å². The van der Waals surface area contributed by atoms with Gasteiger partial charge >= 0.3 is 0 Å². The maximum Gasteiger partial charge on any atom is 0.166 e. The number of thioether (sulfide) groups is 1. The Balaban J connectivity index is 1.72. The monoisotopic (exact) mass is 247 g/mol. The van der Waals surface area contributed by atoms with E-state index in [1.807, 2.05) is 30.0 Å². The van der Waals surface area contributed by atoms with Gasteiger partial charge in [0.05, 0.1) is 11.0 Å². The molecule has 3 rings (SSSR count). The van der Waals surface area contributed by atoms with E-state index in [1.54, 1.807) is 0 Å². The first-order chi connectivity index (χ1) is 8.31. The van der Waals surface area contributed by atoms with Crippen molar-refractivity contribution < 1.29 is 0 Å². The van der Waals surface area contributed by atoms with Crippen molar-refractivity contribution in [3.8, 4) is 0 Å². The number of imidazole rings is 1. The van der Waals surface area contributed by atoms with E-state index in [9.17, 15) is 0 Å². The van der Waals surface area contributed by atoms with Crippen molar-refractivity contribution in [1.82, 2.24) is 9.97 Å². The SMILES string of the molecule is NC1CCC(Sc2nc3ccccc3[nH]2)CC1. The summed E-state index contributed by atoms with van der Waals surface area (Å²) < 4.78 is 0. The molecule has 1 fully saturated rings. The van der Waals surface area contributed by atoms with E-state index in [1.165, 1.54) is 12.8 Å². The Labute approximate surface area is 105 Å². The smallest absolute Gasteiger partial charge is 0.166 e. The van der Waals surface area contributed by atoms with E-state index in [0.29, 0.717) is 11.3 Å². The van der Waals surface area contributed by atoms with Gasteiger partial charge in [0.2, 0.25) is 0 Å². The van der Waals surface area contributed by atoms with Gasteiger partial charge in [-0.2, -0.15) is 0 Å². The molecule has 0 aliphatic heterocycles. The van der Waals surface area contributed by atoms with Gasteiger partial charge in [0.15, 0.2) is 5.16 Å².